The van der Waals surface area contributed by atoms with Gasteiger partial charge < -0.3 is 10.1 Å². The fourth-order valence-electron chi connectivity index (χ4n) is 2.10. The molecule has 90 valence electrons. The molecule has 0 saturated carbocycles. The molecule has 1 N–H and O–H groups in total. The van der Waals surface area contributed by atoms with Crippen molar-refractivity contribution in [3.05, 3.63) is 18.0 Å². The zero-order chi connectivity index (χ0) is 11.4. The number of hydrogen-bond acceptors (Lipinski definition) is 3. The number of hydrogen-bond donors (Lipinski definition) is 1. The van der Waals surface area contributed by atoms with E-state index >= 15 is 0 Å². The molecule has 0 spiro atoms. The van der Waals surface area contributed by atoms with Crippen LogP contribution in [0.25, 0.3) is 0 Å². The Labute approximate surface area is 97.0 Å². The van der Waals surface area contributed by atoms with Crippen LogP contribution in [0, 0.1) is 0 Å². The van der Waals surface area contributed by atoms with E-state index in [1.54, 1.807) is 0 Å². The molecule has 1 aromatic heterocycles. The third-order valence-electron chi connectivity index (χ3n) is 3.00. The average Bonchev–Trinajstić information content (AvgIpc) is 2.74. The van der Waals surface area contributed by atoms with Gasteiger partial charge in [-0.3, -0.25) is 4.68 Å². The van der Waals surface area contributed by atoms with E-state index in [2.05, 4.69) is 30.5 Å². The summed E-state index contributed by atoms with van der Waals surface area (Å²) in [6, 6.07) is 0.978. The van der Waals surface area contributed by atoms with Crippen molar-refractivity contribution < 1.29 is 4.74 Å². The lowest BCUT2D eigenvalue weighted by molar-refractivity contribution is 0.0483. The van der Waals surface area contributed by atoms with Crippen LogP contribution in [0.3, 0.4) is 0 Å². The van der Waals surface area contributed by atoms with Crippen LogP contribution in [-0.2, 0) is 17.7 Å². The Balaban J connectivity index is 1.78. The van der Waals surface area contributed by atoms with Gasteiger partial charge in [-0.25, -0.2) is 0 Å². The van der Waals surface area contributed by atoms with E-state index < -0.39 is 0 Å². The highest BCUT2D eigenvalue weighted by Crippen LogP contribution is 2.08. The Morgan fingerprint density at radius 2 is 2.44 bits per heavy atom. The van der Waals surface area contributed by atoms with Crippen LogP contribution in [-0.4, -0.2) is 35.1 Å². The minimum atomic E-state index is 0.483. The Morgan fingerprint density at radius 1 is 1.56 bits per heavy atom. The number of morpholine rings is 1. The molecule has 1 aliphatic heterocycles. The first kappa shape index (κ1) is 11.6. The van der Waals surface area contributed by atoms with Crippen LogP contribution in [0.1, 0.15) is 25.8 Å². The quantitative estimate of drug-likeness (QED) is 0.834. The standard InChI is InChI=1S/C12H21N3O/c1-3-15-7-11(6-13-15)4-5-12-9-16-8-10(2)14-12/h6-7,10,12,14H,3-5,8-9H2,1-2H3. The molecule has 16 heavy (non-hydrogen) atoms. The van der Waals surface area contributed by atoms with Crippen molar-refractivity contribution in [1.82, 2.24) is 15.1 Å². The number of nitrogens with one attached hydrogen (secondary N) is 1. The van der Waals surface area contributed by atoms with Crippen molar-refractivity contribution >= 4 is 0 Å². The number of rotatable bonds is 4. The third-order valence-corrected chi connectivity index (χ3v) is 3.00. The van der Waals surface area contributed by atoms with Gasteiger partial charge in [0, 0.05) is 24.8 Å². The fraction of sp³-hybridized carbons (Fsp3) is 0.750. The van der Waals surface area contributed by atoms with Gasteiger partial charge in [0.05, 0.1) is 19.4 Å². The average molecular weight is 223 g/mol. The summed E-state index contributed by atoms with van der Waals surface area (Å²) in [5.41, 5.74) is 1.32. The van der Waals surface area contributed by atoms with E-state index in [0.717, 1.165) is 32.6 Å². The summed E-state index contributed by atoms with van der Waals surface area (Å²) >= 11 is 0. The molecular weight excluding hydrogens is 202 g/mol. The van der Waals surface area contributed by atoms with Crippen LogP contribution in [0.4, 0.5) is 0 Å². The molecule has 0 aliphatic carbocycles. The summed E-state index contributed by atoms with van der Waals surface area (Å²) < 4.78 is 7.50. The van der Waals surface area contributed by atoms with Crippen molar-refractivity contribution in [3.8, 4) is 0 Å². The SMILES string of the molecule is CCn1cc(CCC2COCC(C)N2)cn1. The zero-order valence-electron chi connectivity index (χ0n) is 10.1. The van der Waals surface area contributed by atoms with E-state index in [9.17, 15) is 0 Å². The molecule has 0 amide bonds. The molecule has 2 unspecified atom stereocenters. The van der Waals surface area contributed by atoms with Crippen LogP contribution >= 0.6 is 0 Å². The van der Waals surface area contributed by atoms with Gasteiger partial charge in [0.15, 0.2) is 0 Å². The molecular formula is C12H21N3O. The van der Waals surface area contributed by atoms with Crippen LogP contribution in [0.5, 0.6) is 0 Å². The molecule has 2 atom stereocenters. The summed E-state index contributed by atoms with van der Waals surface area (Å²) in [6.45, 7) is 6.90. The Kier molecular flexibility index (Phi) is 3.96. The van der Waals surface area contributed by atoms with E-state index in [-0.39, 0.29) is 0 Å². The van der Waals surface area contributed by atoms with Gasteiger partial charge in [-0.15, -0.1) is 0 Å². The monoisotopic (exact) mass is 223 g/mol. The Morgan fingerprint density at radius 3 is 3.12 bits per heavy atom. The van der Waals surface area contributed by atoms with E-state index in [1.165, 1.54) is 5.56 Å². The second kappa shape index (κ2) is 5.46. The lowest BCUT2D eigenvalue weighted by Gasteiger charge is -2.28. The van der Waals surface area contributed by atoms with Crippen LogP contribution in [0.2, 0.25) is 0 Å². The third kappa shape index (κ3) is 3.06. The summed E-state index contributed by atoms with van der Waals surface area (Å²) in [5.74, 6) is 0. The highest BCUT2D eigenvalue weighted by Gasteiger charge is 2.17. The Hall–Kier alpha value is -0.870. The number of nitrogens with zero attached hydrogens (tertiary/aromatic N) is 2. The maximum atomic E-state index is 5.53. The molecule has 1 aliphatic rings. The second-order valence-electron chi connectivity index (χ2n) is 4.55. The highest BCUT2D eigenvalue weighted by atomic mass is 16.5. The van der Waals surface area contributed by atoms with Crippen molar-refractivity contribution in [2.75, 3.05) is 13.2 Å². The molecule has 0 aromatic carbocycles. The van der Waals surface area contributed by atoms with E-state index in [1.807, 2.05) is 10.9 Å². The fourth-order valence-corrected chi connectivity index (χ4v) is 2.10. The molecule has 2 rings (SSSR count). The van der Waals surface area contributed by atoms with Crippen LogP contribution in [0.15, 0.2) is 12.4 Å². The largest absolute Gasteiger partial charge is 0.378 e. The first-order chi connectivity index (χ1) is 7.78. The zero-order valence-corrected chi connectivity index (χ0v) is 10.1. The number of aryl methyl sites for hydroxylation is 2. The van der Waals surface area contributed by atoms with Crippen molar-refractivity contribution in [2.45, 2.75) is 45.3 Å². The molecule has 1 fully saturated rings. The van der Waals surface area contributed by atoms with Crippen molar-refractivity contribution in [2.24, 2.45) is 0 Å². The van der Waals surface area contributed by atoms with Crippen LogP contribution < -0.4 is 5.32 Å². The summed E-state index contributed by atoms with van der Waals surface area (Å²) in [7, 11) is 0. The first-order valence-corrected chi connectivity index (χ1v) is 6.13. The van der Waals surface area contributed by atoms with Gasteiger partial charge in [0.25, 0.3) is 0 Å². The minimum Gasteiger partial charge on any atom is -0.378 e. The topological polar surface area (TPSA) is 39.1 Å². The molecule has 4 nitrogen and oxygen atoms in total. The predicted octanol–water partition coefficient (Wildman–Crippen LogP) is 1.21. The van der Waals surface area contributed by atoms with Gasteiger partial charge in [0.2, 0.25) is 0 Å². The van der Waals surface area contributed by atoms with Crippen molar-refractivity contribution in [1.29, 1.82) is 0 Å². The molecule has 2 heterocycles. The van der Waals surface area contributed by atoms with Gasteiger partial charge in [0.1, 0.15) is 0 Å². The Bertz CT molecular complexity index is 324. The molecule has 0 radical (unpaired) electrons. The number of aromatic nitrogens is 2. The normalized spacial score (nSPS) is 25.9. The lowest BCUT2D eigenvalue weighted by Crippen LogP contribution is -2.47. The summed E-state index contributed by atoms with van der Waals surface area (Å²) in [4.78, 5) is 0. The maximum Gasteiger partial charge on any atom is 0.0620 e. The van der Waals surface area contributed by atoms with Gasteiger partial charge >= 0.3 is 0 Å². The summed E-state index contributed by atoms with van der Waals surface area (Å²) in [6.07, 6.45) is 6.30. The lowest BCUT2D eigenvalue weighted by atomic mass is 10.1. The van der Waals surface area contributed by atoms with Gasteiger partial charge in [-0.1, -0.05) is 0 Å². The molecule has 4 heteroatoms. The van der Waals surface area contributed by atoms with E-state index in [4.69, 9.17) is 4.74 Å². The minimum absolute atomic E-state index is 0.483. The molecule has 1 saturated heterocycles. The first-order valence-electron chi connectivity index (χ1n) is 6.13. The second-order valence-corrected chi connectivity index (χ2v) is 4.55. The molecule has 0 bridgehead atoms. The predicted molar refractivity (Wildman–Crippen MR) is 63.4 cm³/mol. The maximum absolute atomic E-state index is 5.53. The van der Waals surface area contributed by atoms with Gasteiger partial charge in [-0.2, -0.15) is 5.10 Å². The summed E-state index contributed by atoms with van der Waals surface area (Å²) in [5, 5.41) is 7.83. The number of ether oxygens (including phenoxy) is 1. The molecule has 1 aromatic rings. The van der Waals surface area contributed by atoms with E-state index in [0.29, 0.717) is 12.1 Å². The van der Waals surface area contributed by atoms with Crippen molar-refractivity contribution in [3.63, 3.8) is 0 Å². The van der Waals surface area contributed by atoms with Gasteiger partial charge in [-0.05, 0) is 32.3 Å². The highest BCUT2D eigenvalue weighted by molar-refractivity contribution is 5.04. The smallest absolute Gasteiger partial charge is 0.0620 e.